The molecule has 1 amide bonds. The van der Waals surface area contributed by atoms with Crippen LogP contribution in [-0.2, 0) is 11.2 Å². The van der Waals surface area contributed by atoms with E-state index in [0.717, 1.165) is 11.1 Å². The monoisotopic (exact) mass is 504 g/mol. The van der Waals surface area contributed by atoms with E-state index in [9.17, 15) is 14.7 Å². The van der Waals surface area contributed by atoms with E-state index >= 15 is 0 Å². The van der Waals surface area contributed by atoms with E-state index in [1.54, 1.807) is 31.2 Å². The molecule has 6 nitrogen and oxygen atoms in total. The second-order valence-corrected chi connectivity index (χ2v) is 9.62. The first-order valence-corrected chi connectivity index (χ1v) is 12.2. The Morgan fingerprint density at radius 3 is 2.54 bits per heavy atom. The zero-order valence-electron chi connectivity index (χ0n) is 18.8. The average Bonchev–Trinajstić information content (AvgIpc) is 3.59. The van der Waals surface area contributed by atoms with Crippen LogP contribution in [0.4, 0.5) is 0 Å². The molecule has 1 unspecified atom stereocenters. The number of aryl methyl sites for hydroxylation is 1. The van der Waals surface area contributed by atoms with Gasteiger partial charge in [0, 0.05) is 17.1 Å². The number of amides is 1. The van der Waals surface area contributed by atoms with E-state index in [1.165, 1.54) is 22.5 Å². The molecule has 5 rings (SSSR count). The third-order valence-electron chi connectivity index (χ3n) is 5.94. The van der Waals surface area contributed by atoms with Crippen molar-refractivity contribution in [3.05, 3.63) is 111 Å². The number of hydrogen-bond donors (Lipinski definition) is 1. The highest BCUT2D eigenvalue weighted by atomic mass is 35.5. The van der Waals surface area contributed by atoms with Gasteiger partial charge in [-0.15, -0.1) is 11.3 Å². The number of halogens is 1. The van der Waals surface area contributed by atoms with Gasteiger partial charge in [0.05, 0.1) is 22.4 Å². The molecule has 2 aromatic carbocycles. The van der Waals surface area contributed by atoms with Gasteiger partial charge in [-0.3, -0.25) is 9.59 Å². The Kier molecular flexibility index (Phi) is 6.28. The number of Topliss-reactive ketones (excluding diaryl/α,β-unsaturated/α-hetero) is 1. The summed E-state index contributed by atoms with van der Waals surface area (Å²) in [6.45, 7) is 2.04. The molecule has 0 saturated carbocycles. The summed E-state index contributed by atoms with van der Waals surface area (Å²) in [4.78, 5) is 33.3. The second-order valence-electron chi connectivity index (χ2n) is 8.18. The minimum atomic E-state index is -0.834. The molecular weight excluding hydrogens is 484 g/mol. The van der Waals surface area contributed by atoms with Gasteiger partial charge in [0.15, 0.2) is 5.76 Å². The summed E-state index contributed by atoms with van der Waals surface area (Å²) in [6.07, 6.45) is 2.01. The molecule has 35 heavy (non-hydrogen) atoms. The number of aliphatic hydroxyl groups is 1. The molecule has 8 heteroatoms. The lowest BCUT2D eigenvalue weighted by atomic mass is 9.99. The third-order valence-corrected chi connectivity index (χ3v) is 7.40. The van der Waals surface area contributed by atoms with Crippen molar-refractivity contribution in [3.8, 4) is 10.6 Å². The van der Waals surface area contributed by atoms with Crippen LogP contribution in [0.3, 0.4) is 0 Å². The number of carbonyl (C=O) groups is 2. The van der Waals surface area contributed by atoms with Crippen LogP contribution in [-0.4, -0.2) is 33.2 Å². The van der Waals surface area contributed by atoms with Crippen LogP contribution in [0, 0.1) is 6.92 Å². The van der Waals surface area contributed by atoms with E-state index in [1.807, 2.05) is 42.5 Å². The molecule has 176 valence electrons. The topological polar surface area (TPSA) is 83.6 Å². The lowest BCUT2D eigenvalue weighted by Crippen LogP contribution is -2.32. The molecule has 1 aliphatic rings. The highest BCUT2D eigenvalue weighted by Crippen LogP contribution is 2.41. The number of nitrogens with zero attached hydrogens (tertiary/aromatic N) is 2. The highest BCUT2D eigenvalue weighted by Gasteiger charge is 2.45. The van der Waals surface area contributed by atoms with Gasteiger partial charge < -0.3 is 14.4 Å². The number of aromatic nitrogens is 1. The number of furan rings is 1. The number of hydrogen-bond acceptors (Lipinski definition) is 6. The summed E-state index contributed by atoms with van der Waals surface area (Å²) in [5.74, 6) is -1.17. The zero-order valence-corrected chi connectivity index (χ0v) is 20.3. The number of aliphatic hydroxyl groups excluding tert-OH is 1. The Morgan fingerprint density at radius 1 is 1.11 bits per heavy atom. The molecule has 4 aromatic rings. The third kappa shape index (κ3) is 4.40. The number of carbonyl (C=O) groups excluding carboxylic acids is 2. The first-order chi connectivity index (χ1) is 16.9. The summed E-state index contributed by atoms with van der Waals surface area (Å²) in [7, 11) is 0. The highest BCUT2D eigenvalue weighted by molar-refractivity contribution is 7.17. The van der Waals surface area contributed by atoms with Crippen LogP contribution < -0.4 is 0 Å². The maximum Gasteiger partial charge on any atom is 0.290 e. The maximum absolute atomic E-state index is 13.7. The van der Waals surface area contributed by atoms with E-state index in [4.69, 9.17) is 16.0 Å². The molecule has 1 N–H and O–H groups in total. The van der Waals surface area contributed by atoms with Crippen LogP contribution in [0.5, 0.6) is 0 Å². The SMILES string of the molecule is Cc1nc(-c2ccccc2)sc1C(=O)C1=C(O)C(=O)N(CCc2ccc(Cl)cc2)C1c1ccco1. The largest absolute Gasteiger partial charge is 0.503 e. The van der Waals surface area contributed by atoms with Crippen molar-refractivity contribution in [1.29, 1.82) is 0 Å². The minimum absolute atomic E-state index is 0.00687. The first kappa shape index (κ1) is 23.1. The smallest absolute Gasteiger partial charge is 0.290 e. The van der Waals surface area contributed by atoms with Crippen molar-refractivity contribution in [2.45, 2.75) is 19.4 Å². The van der Waals surface area contributed by atoms with Crippen molar-refractivity contribution < 1.29 is 19.1 Å². The quantitative estimate of drug-likeness (QED) is 0.303. The number of benzene rings is 2. The fraction of sp³-hybridized carbons (Fsp3) is 0.148. The minimum Gasteiger partial charge on any atom is -0.503 e. The molecule has 3 heterocycles. The molecule has 1 atom stereocenters. The molecule has 1 aliphatic heterocycles. The van der Waals surface area contributed by atoms with Gasteiger partial charge in [0.2, 0.25) is 5.78 Å². The van der Waals surface area contributed by atoms with E-state index in [-0.39, 0.29) is 12.1 Å². The number of thiazole rings is 1. The summed E-state index contributed by atoms with van der Waals surface area (Å²) in [5, 5.41) is 12.2. The maximum atomic E-state index is 13.7. The van der Waals surface area contributed by atoms with Gasteiger partial charge in [-0.2, -0.15) is 0 Å². The average molecular weight is 505 g/mol. The molecule has 0 bridgehead atoms. The zero-order chi connectivity index (χ0) is 24.5. The molecule has 0 saturated heterocycles. The van der Waals surface area contributed by atoms with Gasteiger partial charge in [-0.25, -0.2) is 4.98 Å². The Hall–Kier alpha value is -3.68. The van der Waals surface area contributed by atoms with Crippen molar-refractivity contribution in [2.75, 3.05) is 6.54 Å². The van der Waals surface area contributed by atoms with Gasteiger partial charge in [0.25, 0.3) is 5.91 Å². The van der Waals surface area contributed by atoms with Crippen molar-refractivity contribution in [1.82, 2.24) is 9.88 Å². The second kappa shape index (κ2) is 9.52. The predicted molar refractivity (Wildman–Crippen MR) is 135 cm³/mol. The first-order valence-electron chi connectivity index (χ1n) is 11.0. The van der Waals surface area contributed by atoms with Gasteiger partial charge in [-0.05, 0) is 43.2 Å². The van der Waals surface area contributed by atoms with Crippen LogP contribution in [0.2, 0.25) is 5.02 Å². The molecule has 0 spiro atoms. The molecule has 2 aromatic heterocycles. The van der Waals surface area contributed by atoms with Crippen molar-refractivity contribution >= 4 is 34.6 Å². The van der Waals surface area contributed by atoms with Gasteiger partial charge in [-0.1, -0.05) is 54.1 Å². The Morgan fingerprint density at radius 2 is 1.86 bits per heavy atom. The summed E-state index contributed by atoms with van der Waals surface area (Å²) in [5.41, 5.74) is 2.43. The number of rotatable bonds is 7. The molecule has 0 aliphatic carbocycles. The van der Waals surface area contributed by atoms with E-state index in [0.29, 0.717) is 32.8 Å². The molecular formula is C27H21ClN2O4S. The number of ketones is 1. The lowest BCUT2D eigenvalue weighted by molar-refractivity contribution is -0.129. The van der Waals surface area contributed by atoms with Crippen molar-refractivity contribution in [3.63, 3.8) is 0 Å². The molecule has 0 radical (unpaired) electrons. The van der Waals surface area contributed by atoms with Crippen LogP contribution in [0.1, 0.15) is 32.7 Å². The van der Waals surface area contributed by atoms with Gasteiger partial charge in [0.1, 0.15) is 16.8 Å². The summed E-state index contributed by atoms with van der Waals surface area (Å²) in [6, 6.07) is 19.5. The fourth-order valence-corrected chi connectivity index (χ4v) is 5.34. The Bertz CT molecular complexity index is 1410. The Labute approximate surface area is 211 Å². The Balaban J connectivity index is 1.48. The van der Waals surface area contributed by atoms with Gasteiger partial charge >= 0.3 is 0 Å². The lowest BCUT2D eigenvalue weighted by Gasteiger charge is -2.24. The van der Waals surface area contributed by atoms with E-state index < -0.39 is 23.5 Å². The summed E-state index contributed by atoms with van der Waals surface area (Å²) < 4.78 is 5.61. The van der Waals surface area contributed by atoms with Crippen LogP contribution >= 0.6 is 22.9 Å². The van der Waals surface area contributed by atoms with Crippen molar-refractivity contribution in [2.24, 2.45) is 0 Å². The van der Waals surface area contributed by atoms with E-state index in [2.05, 4.69) is 4.98 Å². The predicted octanol–water partition coefficient (Wildman–Crippen LogP) is 6.19. The van der Waals surface area contributed by atoms with Crippen LogP contribution in [0.25, 0.3) is 10.6 Å². The normalized spacial score (nSPS) is 15.8. The summed E-state index contributed by atoms with van der Waals surface area (Å²) >= 11 is 7.22. The fourth-order valence-electron chi connectivity index (χ4n) is 4.19. The standard InChI is InChI=1S/C27H21ClN2O4S/c1-16-25(35-26(29-16)18-6-3-2-4-7-18)23(31)21-22(20-8-5-15-34-20)30(27(33)24(21)32)14-13-17-9-11-19(28)12-10-17/h2-12,15,22,32H,13-14H2,1H3. The van der Waals surface area contributed by atoms with Crippen LogP contribution in [0.15, 0.2) is 88.7 Å². The molecule has 0 fully saturated rings.